The van der Waals surface area contributed by atoms with E-state index in [1.165, 1.54) is 4.90 Å². The van der Waals surface area contributed by atoms with Crippen LogP contribution in [0, 0.1) is 0 Å². The zero-order valence-corrected chi connectivity index (χ0v) is 14.3. The topological polar surface area (TPSA) is 80.0 Å². The zero-order chi connectivity index (χ0) is 14.3. The summed E-state index contributed by atoms with van der Waals surface area (Å²) < 4.78 is 5.19. The zero-order valence-electron chi connectivity index (χ0n) is 11.9. The molecule has 7 heteroatoms. The number of carbonyl (C=O) groups is 1. The number of carbonyl (C=O) groups excluding carboxylic acids is 1. The fraction of sp³-hybridized carbons (Fsp3) is 0.385. The summed E-state index contributed by atoms with van der Waals surface area (Å²) in [5.41, 5.74) is 6.49. The lowest BCUT2D eigenvalue weighted by atomic mass is 10.3. The van der Waals surface area contributed by atoms with Crippen LogP contribution in [0.5, 0.6) is 5.75 Å². The van der Waals surface area contributed by atoms with E-state index in [2.05, 4.69) is 10.3 Å². The van der Waals surface area contributed by atoms with Gasteiger partial charge >= 0.3 is 0 Å². The van der Waals surface area contributed by atoms with E-state index in [9.17, 15) is 4.79 Å². The Balaban J connectivity index is 0.00000361. The van der Waals surface area contributed by atoms with Crippen LogP contribution in [0.2, 0.25) is 0 Å². The van der Waals surface area contributed by atoms with Crippen molar-refractivity contribution in [3.8, 4) is 5.75 Å². The number of hydrogen-bond donors (Lipinski definition) is 2. The molecule has 1 aromatic rings. The van der Waals surface area contributed by atoms with Gasteiger partial charge in [-0.2, -0.15) is 0 Å². The van der Waals surface area contributed by atoms with Gasteiger partial charge in [-0.05, 0) is 12.1 Å². The second-order valence-corrected chi connectivity index (χ2v) is 4.13. The summed E-state index contributed by atoms with van der Waals surface area (Å²) in [5, 5.41) is 2.94. The van der Waals surface area contributed by atoms with Crippen LogP contribution in [0.25, 0.3) is 0 Å². The fourth-order valence-corrected chi connectivity index (χ4v) is 1.42. The van der Waals surface area contributed by atoms with E-state index in [1.54, 1.807) is 21.2 Å². The minimum atomic E-state index is 0. The Bertz CT molecular complexity index is 463. The molecule has 0 unspecified atom stereocenters. The van der Waals surface area contributed by atoms with Gasteiger partial charge in [0.05, 0.1) is 19.3 Å². The summed E-state index contributed by atoms with van der Waals surface area (Å²) in [6, 6.07) is 7.40. The lowest BCUT2D eigenvalue weighted by Gasteiger charge is -2.11. The van der Waals surface area contributed by atoms with Crippen molar-refractivity contribution in [1.29, 1.82) is 0 Å². The number of para-hydroxylation sites is 2. The molecule has 0 aromatic heterocycles. The Morgan fingerprint density at radius 3 is 2.65 bits per heavy atom. The minimum absolute atomic E-state index is 0. The molecule has 0 atom stereocenters. The number of nitrogens with zero attached hydrogens (tertiary/aromatic N) is 2. The first-order valence-electron chi connectivity index (χ1n) is 5.94. The Hall–Kier alpha value is -1.51. The molecule has 1 aromatic carbocycles. The van der Waals surface area contributed by atoms with Gasteiger partial charge in [0.1, 0.15) is 5.75 Å². The highest BCUT2D eigenvalue weighted by atomic mass is 127. The molecule has 0 aliphatic carbocycles. The summed E-state index contributed by atoms with van der Waals surface area (Å²) in [6.07, 6.45) is 0.335. The SMILES string of the molecule is COc1ccccc1NC(N)=NCCC(=O)N(C)C.I. The van der Waals surface area contributed by atoms with Crippen LogP contribution < -0.4 is 15.8 Å². The number of amides is 1. The monoisotopic (exact) mass is 392 g/mol. The normalized spacial score (nSPS) is 10.4. The van der Waals surface area contributed by atoms with E-state index in [4.69, 9.17) is 10.5 Å². The number of halogens is 1. The van der Waals surface area contributed by atoms with E-state index < -0.39 is 0 Å². The standard InChI is InChI=1S/C13H20N4O2.HI/c1-17(2)12(18)8-9-15-13(14)16-10-6-4-5-7-11(10)19-3;/h4-7H,8-9H2,1-3H3,(H3,14,15,16);1H. The molecule has 0 radical (unpaired) electrons. The Kier molecular flexibility index (Phi) is 8.69. The second-order valence-electron chi connectivity index (χ2n) is 4.13. The van der Waals surface area contributed by atoms with Crippen LogP contribution in [0.4, 0.5) is 5.69 Å². The fourth-order valence-electron chi connectivity index (χ4n) is 1.42. The van der Waals surface area contributed by atoms with Gasteiger partial charge in [-0.3, -0.25) is 9.79 Å². The molecule has 20 heavy (non-hydrogen) atoms. The molecule has 0 bridgehead atoms. The Labute approximate surface area is 136 Å². The average molecular weight is 392 g/mol. The van der Waals surface area contributed by atoms with Gasteiger partial charge in [-0.15, -0.1) is 24.0 Å². The number of guanidine groups is 1. The molecule has 1 rings (SSSR count). The van der Waals surface area contributed by atoms with E-state index in [0.29, 0.717) is 18.7 Å². The van der Waals surface area contributed by atoms with Gasteiger partial charge in [-0.1, -0.05) is 12.1 Å². The van der Waals surface area contributed by atoms with Crippen molar-refractivity contribution in [2.24, 2.45) is 10.7 Å². The van der Waals surface area contributed by atoms with Gasteiger partial charge in [0.2, 0.25) is 5.91 Å². The highest BCUT2D eigenvalue weighted by molar-refractivity contribution is 14.0. The van der Waals surface area contributed by atoms with Crippen molar-refractivity contribution in [3.05, 3.63) is 24.3 Å². The third-order valence-electron chi connectivity index (χ3n) is 2.48. The maximum Gasteiger partial charge on any atom is 0.223 e. The molecule has 0 aliphatic rings. The van der Waals surface area contributed by atoms with Crippen molar-refractivity contribution in [1.82, 2.24) is 4.90 Å². The van der Waals surface area contributed by atoms with Crippen molar-refractivity contribution >= 4 is 41.5 Å². The van der Waals surface area contributed by atoms with Gasteiger partial charge in [0.25, 0.3) is 0 Å². The highest BCUT2D eigenvalue weighted by Crippen LogP contribution is 2.22. The number of aliphatic imine (C=N–C) groups is 1. The number of nitrogens with two attached hydrogens (primary N) is 1. The van der Waals surface area contributed by atoms with E-state index in [0.717, 1.165) is 5.69 Å². The van der Waals surface area contributed by atoms with Crippen LogP contribution in [-0.2, 0) is 4.79 Å². The molecule has 0 fully saturated rings. The number of benzene rings is 1. The highest BCUT2D eigenvalue weighted by Gasteiger charge is 2.04. The van der Waals surface area contributed by atoms with Crippen LogP contribution in [0.3, 0.4) is 0 Å². The van der Waals surface area contributed by atoms with E-state index in [1.807, 2.05) is 24.3 Å². The molecule has 3 N–H and O–H groups in total. The van der Waals surface area contributed by atoms with Crippen LogP contribution in [0.1, 0.15) is 6.42 Å². The molecule has 0 aliphatic heterocycles. The molecule has 1 amide bonds. The number of ether oxygens (including phenoxy) is 1. The molecule has 0 spiro atoms. The third-order valence-corrected chi connectivity index (χ3v) is 2.48. The van der Waals surface area contributed by atoms with Gasteiger partial charge in [0, 0.05) is 20.5 Å². The predicted octanol–water partition coefficient (Wildman–Crippen LogP) is 1.52. The molecule has 6 nitrogen and oxygen atoms in total. The predicted molar refractivity (Wildman–Crippen MR) is 91.8 cm³/mol. The summed E-state index contributed by atoms with van der Waals surface area (Å²) in [6.45, 7) is 0.352. The van der Waals surface area contributed by atoms with Gasteiger partial charge < -0.3 is 20.7 Å². The van der Waals surface area contributed by atoms with Crippen LogP contribution in [0.15, 0.2) is 29.3 Å². The van der Waals surface area contributed by atoms with Crippen molar-refractivity contribution in [2.45, 2.75) is 6.42 Å². The maximum absolute atomic E-state index is 11.4. The molecule has 0 saturated heterocycles. The van der Waals surface area contributed by atoms with Crippen molar-refractivity contribution in [2.75, 3.05) is 33.1 Å². The third kappa shape index (κ3) is 6.09. The molecular formula is C13H21IN4O2. The van der Waals surface area contributed by atoms with Crippen molar-refractivity contribution in [3.63, 3.8) is 0 Å². The quantitative estimate of drug-likeness (QED) is 0.453. The molecule has 112 valence electrons. The van der Waals surface area contributed by atoms with E-state index in [-0.39, 0.29) is 35.8 Å². The number of hydrogen-bond acceptors (Lipinski definition) is 3. The number of rotatable bonds is 5. The molecule has 0 heterocycles. The van der Waals surface area contributed by atoms with Crippen LogP contribution >= 0.6 is 24.0 Å². The summed E-state index contributed by atoms with van der Waals surface area (Å²) in [7, 11) is 5.01. The van der Waals surface area contributed by atoms with Crippen molar-refractivity contribution < 1.29 is 9.53 Å². The lowest BCUT2D eigenvalue weighted by molar-refractivity contribution is -0.128. The van der Waals surface area contributed by atoms with E-state index >= 15 is 0 Å². The molecular weight excluding hydrogens is 371 g/mol. The number of anilines is 1. The average Bonchev–Trinajstić information content (AvgIpc) is 2.39. The maximum atomic E-state index is 11.4. The summed E-state index contributed by atoms with van der Waals surface area (Å²) in [5.74, 6) is 0.968. The Morgan fingerprint density at radius 2 is 2.05 bits per heavy atom. The first-order valence-corrected chi connectivity index (χ1v) is 5.94. The first-order chi connectivity index (χ1) is 9.04. The number of methoxy groups -OCH3 is 1. The minimum Gasteiger partial charge on any atom is -0.495 e. The first kappa shape index (κ1) is 18.5. The van der Waals surface area contributed by atoms with Crippen LogP contribution in [-0.4, -0.2) is 44.5 Å². The summed E-state index contributed by atoms with van der Waals surface area (Å²) >= 11 is 0. The smallest absolute Gasteiger partial charge is 0.223 e. The number of nitrogens with one attached hydrogen (secondary N) is 1. The van der Waals surface area contributed by atoms with Gasteiger partial charge in [0.15, 0.2) is 5.96 Å². The molecule has 0 saturated carbocycles. The van der Waals surface area contributed by atoms with Gasteiger partial charge in [-0.25, -0.2) is 0 Å². The summed E-state index contributed by atoms with van der Waals surface area (Å²) in [4.78, 5) is 17.0. The second kappa shape index (κ2) is 9.40. The lowest BCUT2D eigenvalue weighted by Crippen LogP contribution is -2.25. The largest absolute Gasteiger partial charge is 0.495 e. The Morgan fingerprint density at radius 1 is 1.40 bits per heavy atom.